The van der Waals surface area contributed by atoms with Gasteiger partial charge in [-0.3, -0.25) is 0 Å². The minimum atomic E-state index is -0.352. The molecule has 0 N–H and O–H groups in total. The molecule has 24 heavy (non-hydrogen) atoms. The average Bonchev–Trinajstić information content (AvgIpc) is 3.18. The first-order valence-corrected chi connectivity index (χ1v) is 9.02. The van der Waals surface area contributed by atoms with Crippen LogP contribution in [-0.2, 0) is 0 Å². The van der Waals surface area contributed by atoms with Crippen LogP contribution in [0, 0.1) is 6.92 Å². The number of aromatic nitrogens is 2. The first-order chi connectivity index (χ1) is 11.7. The maximum Gasteiger partial charge on any atom is 0.345 e. The third-order valence-electron chi connectivity index (χ3n) is 3.90. The van der Waals surface area contributed by atoms with Crippen LogP contribution in [0.4, 0.5) is 0 Å². The summed E-state index contributed by atoms with van der Waals surface area (Å²) in [5, 5.41) is 3.09. The number of nitrogens with zero attached hydrogens (tertiary/aromatic N) is 2. The number of aryl methyl sites for hydroxylation is 1. The summed E-state index contributed by atoms with van der Waals surface area (Å²) in [6.07, 6.45) is 0. The van der Waals surface area contributed by atoms with Crippen LogP contribution in [0.5, 0.6) is 0 Å². The van der Waals surface area contributed by atoms with Gasteiger partial charge in [0.1, 0.15) is 4.70 Å². The second-order valence-corrected chi connectivity index (χ2v) is 7.61. The Morgan fingerprint density at radius 2 is 1.75 bits per heavy atom. The van der Waals surface area contributed by atoms with Gasteiger partial charge in [0.2, 0.25) is 5.71 Å². The molecule has 0 fully saturated rings. The van der Waals surface area contributed by atoms with E-state index in [1.807, 2.05) is 24.3 Å². The van der Waals surface area contributed by atoms with Gasteiger partial charge in [-0.15, -0.1) is 22.7 Å². The van der Waals surface area contributed by atoms with Crippen LogP contribution in [0.3, 0.4) is 0 Å². The predicted octanol–water partition coefficient (Wildman–Crippen LogP) is 4.99. The predicted molar refractivity (Wildman–Crippen MR) is 99.0 cm³/mol. The van der Waals surface area contributed by atoms with Gasteiger partial charge in [0, 0.05) is 5.39 Å². The quantitative estimate of drug-likeness (QED) is 0.427. The monoisotopic (exact) mass is 350 g/mol. The van der Waals surface area contributed by atoms with E-state index in [-0.39, 0.29) is 5.63 Å². The summed E-state index contributed by atoms with van der Waals surface area (Å²) in [5.41, 5.74) is 2.20. The van der Waals surface area contributed by atoms with Gasteiger partial charge in [0.05, 0.1) is 15.6 Å². The van der Waals surface area contributed by atoms with Crippen LogP contribution in [0.15, 0.2) is 51.7 Å². The lowest BCUT2D eigenvalue weighted by Crippen LogP contribution is -1.98. The van der Waals surface area contributed by atoms with Crippen molar-refractivity contribution in [3.05, 3.63) is 58.4 Å². The highest BCUT2D eigenvalue weighted by Crippen LogP contribution is 2.37. The van der Waals surface area contributed by atoms with E-state index in [1.165, 1.54) is 16.9 Å². The largest absolute Gasteiger partial charge is 0.402 e. The van der Waals surface area contributed by atoms with Crippen LogP contribution in [-0.4, -0.2) is 9.97 Å². The van der Waals surface area contributed by atoms with Crippen molar-refractivity contribution in [1.29, 1.82) is 0 Å². The smallest absolute Gasteiger partial charge is 0.345 e. The molecule has 0 bridgehead atoms. The Morgan fingerprint density at radius 3 is 2.62 bits per heavy atom. The molecule has 116 valence electrons. The van der Waals surface area contributed by atoms with Gasteiger partial charge in [0.15, 0.2) is 10.0 Å². The summed E-state index contributed by atoms with van der Waals surface area (Å²) in [6, 6.07) is 13.7. The molecule has 0 aliphatic heterocycles. The molecule has 0 atom stereocenters. The molecule has 0 spiro atoms. The number of thiazole rings is 2. The van der Waals surface area contributed by atoms with Gasteiger partial charge in [-0.25, -0.2) is 9.78 Å². The Morgan fingerprint density at radius 1 is 0.958 bits per heavy atom. The normalized spacial score (nSPS) is 11.7. The van der Waals surface area contributed by atoms with E-state index < -0.39 is 0 Å². The number of fused-ring (bicyclic) bond motifs is 4. The summed E-state index contributed by atoms with van der Waals surface area (Å²) in [4.78, 5) is 21.3. The van der Waals surface area contributed by atoms with Crippen molar-refractivity contribution in [3.8, 4) is 10.0 Å². The van der Waals surface area contributed by atoms with E-state index in [2.05, 4.69) is 29.0 Å². The number of hydrogen-bond acceptors (Lipinski definition) is 6. The number of benzene rings is 2. The van der Waals surface area contributed by atoms with Crippen LogP contribution >= 0.6 is 22.7 Å². The minimum Gasteiger partial charge on any atom is -0.402 e. The lowest BCUT2D eigenvalue weighted by molar-refractivity contribution is 0.560. The Balaban J connectivity index is 1.80. The van der Waals surface area contributed by atoms with Crippen LogP contribution in [0.1, 0.15) is 5.56 Å². The van der Waals surface area contributed by atoms with Gasteiger partial charge in [-0.05, 0) is 30.7 Å². The van der Waals surface area contributed by atoms with E-state index in [4.69, 9.17) is 4.42 Å². The summed E-state index contributed by atoms with van der Waals surface area (Å²) in [7, 11) is 0. The Labute approximate surface area is 144 Å². The second-order valence-electron chi connectivity index (χ2n) is 5.58. The van der Waals surface area contributed by atoms with E-state index in [0.29, 0.717) is 11.1 Å². The maximum atomic E-state index is 12.1. The fraction of sp³-hybridized carbons (Fsp3) is 0.0556. The van der Waals surface area contributed by atoms with Crippen LogP contribution in [0.2, 0.25) is 0 Å². The number of rotatable bonds is 1. The highest BCUT2D eigenvalue weighted by molar-refractivity contribution is 7.28. The summed E-state index contributed by atoms with van der Waals surface area (Å²) in [5.74, 6) is 0. The molecular formula is C18H10N2O2S2. The van der Waals surface area contributed by atoms with E-state index >= 15 is 0 Å². The highest BCUT2D eigenvalue weighted by Gasteiger charge is 2.16. The summed E-state index contributed by atoms with van der Waals surface area (Å²) in [6.45, 7) is 2.07. The molecule has 0 radical (unpaired) electrons. The summed E-state index contributed by atoms with van der Waals surface area (Å²) >= 11 is 3.12. The Kier molecular flexibility index (Phi) is 2.86. The zero-order valence-corrected chi connectivity index (χ0v) is 14.2. The van der Waals surface area contributed by atoms with Crippen molar-refractivity contribution >= 4 is 54.1 Å². The van der Waals surface area contributed by atoms with Crippen LogP contribution < -0.4 is 5.63 Å². The topological polar surface area (TPSA) is 56.0 Å². The molecule has 0 saturated heterocycles. The second kappa shape index (κ2) is 4.96. The third-order valence-corrected chi connectivity index (χ3v) is 6.13. The zero-order chi connectivity index (χ0) is 16.3. The van der Waals surface area contributed by atoms with Gasteiger partial charge in [-0.1, -0.05) is 24.3 Å². The van der Waals surface area contributed by atoms with Crippen molar-refractivity contribution in [3.63, 3.8) is 0 Å². The molecular weight excluding hydrogens is 340 g/mol. The molecule has 2 aromatic carbocycles. The molecule has 0 aliphatic carbocycles. The van der Waals surface area contributed by atoms with Crippen LogP contribution in [0.25, 0.3) is 41.4 Å². The maximum absolute atomic E-state index is 12.1. The molecule has 6 heteroatoms. The molecule has 0 saturated carbocycles. The lowest BCUT2D eigenvalue weighted by Gasteiger charge is -1.94. The zero-order valence-electron chi connectivity index (χ0n) is 12.6. The van der Waals surface area contributed by atoms with E-state index in [9.17, 15) is 4.79 Å². The van der Waals surface area contributed by atoms with Gasteiger partial charge in [0.25, 0.3) is 0 Å². The molecule has 5 rings (SSSR count). The Bertz CT molecular complexity index is 1300. The molecule has 3 aromatic heterocycles. The van der Waals surface area contributed by atoms with Gasteiger partial charge in [-0.2, -0.15) is 4.98 Å². The van der Waals surface area contributed by atoms with Crippen molar-refractivity contribution in [2.45, 2.75) is 6.92 Å². The highest BCUT2D eigenvalue weighted by atomic mass is 32.1. The van der Waals surface area contributed by atoms with Crippen molar-refractivity contribution < 1.29 is 4.42 Å². The standard InChI is InChI=1S/C18H10N2O2S2/c1-9-6-7-12-13(8-9)23-16(19-12)17-20-15-14(24-17)10-4-2-3-5-11(10)18(21)22-15/h2-8H,1H3. The van der Waals surface area contributed by atoms with Gasteiger partial charge >= 0.3 is 5.63 Å². The fourth-order valence-corrected chi connectivity index (χ4v) is 4.88. The number of hydrogen-bond donors (Lipinski definition) is 0. The van der Waals surface area contributed by atoms with Crippen molar-refractivity contribution in [2.24, 2.45) is 0 Å². The van der Waals surface area contributed by atoms with E-state index in [1.54, 1.807) is 17.4 Å². The molecule has 5 aromatic rings. The van der Waals surface area contributed by atoms with Crippen molar-refractivity contribution in [1.82, 2.24) is 9.97 Å². The first kappa shape index (κ1) is 13.8. The van der Waals surface area contributed by atoms with E-state index in [0.717, 1.165) is 30.3 Å². The molecule has 0 unspecified atom stereocenters. The lowest BCUT2D eigenvalue weighted by atomic mass is 10.2. The molecule has 0 amide bonds. The molecule has 0 aliphatic rings. The SMILES string of the molecule is Cc1ccc2nc(-c3nc4oc(=O)c5ccccc5c4s3)sc2c1. The molecule has 3 heterocycles. The average molecular weight is 350 g/mol. The Hall–Kier alpha value is -2.57. The summed E-state index contributed by atoms with van der Waals surface area (Å²) < 4.78 is 7.41. The third kappa shape index (κ3) is 2.00. The van der Waals surface area contributed by atoms with Crippen molar-refractivity contribution in [2.75, 3.05) is 0 Å². The first-order valence-electron chi connectivity index (χ1n) is 7.39. The fourth-order valence-electron chi connectivity index (χ4n) is 2.76. The van der Waals surface area contributed by atoms with Gasteiger partial charge < -0.3 is 4.42 Å². The minimum absolute atomic E-state index is 0.352. The molecule has 4 nitrogen and oxygen atoms in total.